The van der Waals surface area contributed by atoms with Crippen molar-refractivity contribution in [3.8, 4) is 5.82 Å². The van der Waals surface area contributed by atoms with Gasteiger partial charge in [-0.15, -0.1) is 0 Å². The molecule has 0 bridgehead atoms. The number of carbonyl (C=O) groups excluding carboxylic acids is 1. The molecule has 1 aliphatic rings. The van der Waals surface area contributed by atoms with Crippen LogP contribution in [0.4, 0.5) is 11.8 Å². The predicted molar refractivity (Wildman–Crippen MR) is 130 cm³/mol. The Morgan fingerprint density at radius 1 is 1.18 bits per heavy atom. The van der Waals surface area contributed by atoms with E-state index in [4.69, 9.17) is 0 Å². The molecule has 3 aromatic heterocycles. The number of amides is 1. The van der Waals surface area contributed by atoms with Crippen molar-refractivity contribution in [1.29, 1.82) is 0 Å². The topological polar surface area (TPSA) is 130 Å². The average molecular weight is 465 g/mol. The second kappa shape index (κ2) is 11.6. The van der Waals surface area contributed by atoms with Crippen molar-refractivity contribution in [3.63, 3.8) is 0 Å². The maximum absolute atomic E-state index is 13.0. The molecule has 0 saturated heterocycles. The minimum absolute atomic E-state index is 0.160. The summed E-state index contributed by atoms with van der Waals surface area (Å²) in [5.74, 6) is 1.47. The first-order chi connectivity index (χ1) is 16.6. The molecule has 10 nitrogen and oxygen atoms in total. The Bertz CT molecular complexity index is 1050. The van der Waals surface area contributed by atoms with Crippen molar-refractivity contribution in [2.24, 2.45) is 0 Å². The van der Waals surface area contributed by atoms with E-state index in [2.05, 4.69) is 42.9 Å². The summed E-state index contributed by atoms with van der Waals surface area (Å²) in [6, 6.07) is 5.77. The molecule has 0 atom stereocenters. The SMILES string of the molecule is CCCCNc1ncc(C(=O)NCc2ccc(-n3cccn3)nc2)c(NC2CCC(O)CC2)n1. The van der Waals surface area contributed by atoms with Crippen molar-refractivity contribution < 1.29 is 9.90 Å². The molecule has 10 heteroatoms. The summed E-state index contributed by atoms with van der Waals surface area (Å²) in [4.78, 5) is 26.4. The summed E-state index contributed by atoms with van der Waals surface area (Å²) in [6.45, 7) is 3.23. The van der Waals surface area contributed by atoms with Crippen molar-refractivity contribution in [1.82, 2.24) is 30.0 Å². The van der Waals surface area contributed by atoms with E-state index in [1.165, 1.54) is 0 Å². The zero-order valence-electron chi connectivity index (χ0n) is 19.4. The van der Waals surface area contributed by atoms with E-state index in [0.717, 1.165) is 50.6 Å². The maximum atomic E-state index is 13.0. The van der Waals surface area contributed by atoms with Gasteiger partial charge in [0.25, 0.3) is 5.91 Å². The van der Waals surface area contributed by atoms with Crippen molar-refractivity contribution >= 4 is 17.7 Å². The molecule has 3 aromatic rings. The lowest BCUT2D eigenvalue weighted by Gasteiger charge is -2.27. The van der Waals surface area contributed by atoms with Crippen molar-refractivity contribution in [2.45, 2.75) is 64.1 Å². The van der Waals surface area contributed by atoms with Gasteiger partial charge in [0.1, 0.15) is 11.4 Å². The number of nitrogens with one attached hydrogen (secondary N) is 3. The molecule has 0 aromatic carbocycles. The Kier molecular flexibility index (Phi) is 8.03. The Morgan fingerprint density at radius 3 is 2.74 bits per heavy atom. The molecule has 0 radical (unpaired) electrons. The monoisotopic (exact) mass is 464 g/mol. The summed E-state index contributed by atoms with van der Waals surface area (Å²) >= 11 is 0. The number of anilines is 2. The number of rotatable bonds is 10. The summed E-state index contributed by atoms with van der Waals surface area (Å²) in [6.07, 6.45) is 11.8. The van der Waals surface area contributed by atoms with Crippen LogP contribution in [0.15, 0.2) is 43.0 Å². The van der Waals surface area contributed by atoms with Crippen LogP contribution in [-0.4, -0.2) is 54.4 Å². The van der Waals surface area contributed by atoms with Gasteiger partial charge < -0.3 is 21.1 Å². The first-order valence-corrected chi connectivity index (χ1v) is 11.9. The van der Waals surface area contributed by atoms with Gasteiger partial charge in [0, 0.05) is 43.9 Å². The van der Waals surface area contributed by atoms with Crippen LogP contribution >= 0.6 is 0 Å². The molecule has 0 aliphatic heterocycles. The van der Waals surface area contributed by atoms with Crippen LogP contribution in [0.2, 0.25) is 0 Å². The number of nitrogens with zero attached hydrogens (tertiary/aromatic N) is 5. The highest BCUT2D eigenvalue weighted by Gasteiger charge is 2.22. The number of hydrogen-bond acceptors (Lipinski definition) is 8. The predicted octanol–water partition coefficient (Wildman–Crippen LogP) is 2.91. The second-order valence-corrected chi connectivity index (χ2v) is 8.54. The summed E-state index contributed by atoms with van der Waals surface area (Å²) < 4.78 is 1.68. The number of unbranched alkanes of at least 4 members (excludes halogenated alkanes) is 1. The van der Waals surface area contributed by atoms with Gasteiger partial charge >= 0.3 is 0 Å². The largest absolute Gasteiger partial charge is 0.393 e. The van der Waals surface area contributed by atoms with E-state index >= 15 is 0 Å². The zero-order valence-corrected chi connectivity index (χ0v) is 19.4. The van der Waals surface area contributed by atoms with Crippen LogP contribution in [0.1, 0.15) is 61.4 Å². The Hall–Kier alpha value is -3.53. The molecule has 1 saturated carbocycles. The summed E-state index contributed by atoms with van der Waals surface area (Å²) in [7, 11) is 0. The highest BCUT2D eigenvalue weighted by Crippen LogP contribution is 2.24. The molecule has 1 fully saturated rings. The number of aromatic nitrogens is 5. The third-order valence-corrected chi connectivity index (χ3v) is 5.89. The lowest BCUT2D eigenvalue weighted by Crippen LogP contribution is -2.31. The molecule has 1 aliphatic carbocycles. The van der Waals surface area contributed by atoms with Gasteiger partial charge in [-0.1, -0.05) is 19.4 Å². The maximum Gasteiger partial charge on any atom is 0.256 e. The molecular formula is C24H32N8O2. The highest BCUT2D eigenvalue weighted by molar-refractivity contribution is 5.98. The number of aliphatic hydroxyl groups is 1. The fraction of sp³-hybridized carbons (Fsp3) is 0.458. The van der Waals surface area contributed by atoms with E-state index < -0.39 is 0 Å². The van der Waals surface area contributed by atoms with Crippen LogP contribution < -0.4 is 16.0 Å². The molecule has 34 heavy (non-hydrogen) atoms. The van der Waals surface area contributed by atoms with Gasteiger partial charge in [-0.2, -0.15) is 10.1 Å². The minimum Gasteiger partial charge on any atom is -0.393 e. The van der Waals surface area contributed by atoms with Crippen LogP contribution in [0.25, 0.3) is 5.82 Å². The fourth-order valence-electron chi connectivity index (χ4n) is 3.87. The summed E-state index contributed by atoms with van der Waals surface area (Å²) in [5, 5.41) is 23.6. The smallest absolute Gasteiger partial charge is 0.256 e. The van der Waals surface area contributed by atoms with Gasteiger partial charge in [0.15, 0.2) is 5.82 Å². The molecular weight excluding hydrogens is 432 g/mol. The van der Waals surface area contributed by atoms with Crippen molar-refractivity contribution in [2.75, 3.05) is 17.2 Å². The molecule has 4 N–H and O–H groups in total. The molecule has 1 amide bonds. The van der Waals surface area contributed by atoms with E-state index in [1.807, 2.05) is 24.4 Å². The lowest BCUT2D eigenvalue weighted by molar-refractivity contribution is 0.0950. The van der Waals surface area contributed by atoms with Gasteiger partial charge in [-0.25, -0.2) is 14.6 Å². The summed E-state index contributed by atoms with van der Waals surface area (Å²) in [5.41, 5.74) is 1.27. The first-order valence-electron chi connectivity index (χ1n) is 11.9. The number of carbonyl (C=O) groups is 1. The quantitative estimate of drug-likeness (QED) is 0.337. The molecule has 4 rings (SSSR count). The van der Waals surface area contributed by atoms with Gasteiger partial charge in [-0.3, -0.25) is 4.79 Å². The lowest BCUT2D eigenvalue weighted by atomic mass is 9.93. The zero-order chi connectivity index (χ0) is 23.8. The number of hydrogen-bond donors (Lipinski definition) is 4. The minimum atomic E-state index is -0.255. The molecule has 0 unspecified atom stereocenters. The van der Waals surface area contributed by atoms with E-state index in [9.17, 15) is 9.90 Å². The Labute approximate surface area is 199 Å². The highest BCUT2D eigenvalue weighted by atomic mass is 16.3. The Morgan fingerprint density at radius 2 is 2.03 bits per heavy atom. The van der Waals surface area contributed by atoms with E-state index in [0.29, 0.717) is 29.7 Å². The van der Waals surface area contributed by atoms with Crippen molar-refractivity contribution in [3.05, 3.63) is 54.1 Å². The van der Waals surface area contributed by atoms with Crippen LogP contribution in [0, 0.1) is 0 Å². The third-order valence-electron chi connectivity index (χ3n) is 5.89. The normalized spacial score (nSPS) is 17.8. The molecule has 0 spiro atoms. The fourth-order valence-corrected chi connectivity index (χ4v) is 3.87. The number of aliphatic hydroxyl groups excluding tert-OH is 1. The van der Waals surface area contributed by atoms with Gasteiger partial charge in [0.05, 0.1) is 6.10 Å². The standard InChI is InChI=1S/C24H32N8O2/c1-2-3-11-25-24-28-16-20(22(31-24)30-18-6-8-19(33)9-7-18)23(34)27-15-17-5-10-21(26-14-17)32-13-4-12-29-32/h4-5,10,12-14,16,18-19,33H,2-3,6-9,11,15H2,1H3,(H,27,34)(H2,25,28,30,31). The van der Waals surface area contributed by atoms with Gasteiger partial charge in [-0.05, 0) is 49.8 Å². The third kappa shape index (κ3) is 6.28. The average Bonchev–Trinajstić information content (AvgIpc) is 3.40. The van der Waals surface area contributed by atoms with E-state index in [-0.39, 0.29) is 18.1 Å². The second-order valence-electron chi connectivity index (χ2n) is 8.54. The first kappa shape index (κ1) is 23.6. The van der Waals surface area contributed by atoms with Crippen LogP contribution in [-0.2, 0) is 6.54 Å². The van der Waals surface area contributed by atoms with Crippen LogP contribution in [0.5, 0.6) is 0 Å². The number of pyridine rings is 1. The molecule has 180 valence electrons. The van der Waals surface area contributed by atoms with Crippen LogP contribution in [0.3, 0.4) is 0 Å². The van der Waals surface area contributed by atoms with E-state index in [1.54, 1.807) is 23.3 Å². The van der Waals surface area contributed by atoms with Gasteiger partial charge in [0.2, 0.25) is 5.95 Å². The molecule has 3 heterocycles. The Balaban J connectivity index is 1.43.